The fourth-order valence-electron chi connectivity index (χ4n) is 2.77. The van der Waals surface area contributed by atoms with Crippen molar-refractivity contribution in [3.05, 3.63) is 82.4 Å². The van der Waals surface area contributed by atoms with E-state index in [2.05, 4.69) is 20.8 Å². The molecular formula is C21H20N4O2. The number of aryl methyl sites for hydroxylation is 1. The zero-order chi connectivity index (χ0) is 19.1. The molecule has 0 bridgehead atoms. The lowest BCUT2D eigenvalue weighted by Crippen LogP contribution is -2.19. The maximum atomic E-state index is 12.0. The lowest BCUT2D eigenvalue weighted by Gasteiger charge is -2.06. The van der Waals surface area contributed by atoms with Gasteiger partial charge in [0.05, 0.1) is 16.8 Å². The van der Waals surface area contributed by atoms with Crippen LogP contribution < -0.4 is 11.3 Å². The lowest BCUT2D eigenvalue weighted by atomic mass is 9.99. The Morgan fingerprint density at radius 1 is 1.19 bits per heavy atom. The van der Waals surface area contributed by atoms with Gasteiger partial charge in [-0.05, 0) is 36.1 Å². The smallest absolute Gasteiger partial charge is 0.258 e. The van der Waals surface area contributed by atoms with E-state index in [4.69, 9.17) is 5.73 Å². The molecular weight excluding hydrogens is 340 g/mol. The molecule has 0 radical (unpaired) electrons. The third-order valence-corrected chi connectivity index (χ3v) is 4.14. The Labute approximate surface area is 156 Å². The molecule has 1 heterocycles. The van der Waals surface area contributed by atoms with E-state index in [1.165, 1.54) is 0 Å². The summed E-state index contributed by atoms with van der Waals surface area (Å²) in [6.07, 6.45) is 2.88. The number of primary amides is 1. The Balaban J connectivity index is 1.60. The molecule has 3 N–H and O–H groups in total. The molecule has 27 heavy (non-hydrogen) atoms. The van der Waals surface area contributed by atoms with Crippen molar-refractivity contribution < 1.29 is 4.79 Å². The number of aliphatic imine (C=N–C) groups is 1. The third kappa shape index (κ3) is 4.77. The molecule has 1 atom stereocenters. The first-order valence-corrected chi connectivity index (χ1v) is 8.72. The molecule has 0 fully saturated rings. The minimum absolute atomic E-state index is 0.133. The highest BCUT2D eigenvalue weighted by Crippen LogP contribution is 2.15. The van der Waals surface area contributed by atoms with Crippen LogP contribution in [0.5, 0.6) is 0 Å². The molecule has 3 aromatic rings. The molecule has 1 aromatic heterocycles. The summed E-state index contributed by atoms with van der Waals surface area (Å²) in [6.45, 7) is 0.507. The van der Waals surface area contributed by atoms with Crippen LogP contribution in [0.15, 0.2) is 70.5 Å². The van der Waals surface area contributed by atoms with Crippen molar-refractivity contribution in [1.29, 1.82) is 0 Å². The average molecular weight is 360 g/mol. The summed E-state index contributed by atoms with van der Waals surface area (Å²) in [7, 11) is 0. The zero-order valence-corrected chi connectivity index (χ0v) is 14.8. The summed E-state index contributed by atoms with van der Waals surface area (Å²) in [5.74, 6) is 2.45. The molecule has 2 aromatic carbocycles. The molecule has 0 aliphatic carbocycles. The number of benzene rings is 2. The van der Waals surface area contributed by atoms with Crippen LogP contribution in [0.1, 0.15) is 23.7 Å². The van der Waals surface area contributed by atoms with Crippen LogP contribution in [0.2, 0.25) is 0 Å². The minimum Gasteiger partial charge on any atom is -0.369 e. The summed E-state index contributed by atoms with van der Waals surface area (Å²) in [5, 5.41) is 0.584. The Morgan fingerprint density at radius 3 is 2.70 bits per heavy atom. The molecule has 1 unspecified atom stereocenters. The lowest BCUT2D eigenvalue weighted by molar-refractivity contribution is -0.118. The number of nitrogens with two attached hydrogens (primary N) is 1. The molecule has 0 spiro atoms. The van der Waals surface area contributed by atoms with Gasteiger partial charge in [0.2, 0.25) is 5.91 Å². The van der Waals surface area contributed by atoms with Gasteiger partial charge in [0.1, 0.15) is 5.82 Å². The van der Waals surface area contributed by atoms with Gasteiger partial charge in [-0.15, -0.1) is 0 Å². The number of amides is 1. The molecule has 0 saturated carbocycles. The number of hydrogen-bond acceptors (Lipinski definition) is 4. The second-order valence-corrected chi connectivity index (χ2v) is 6.10. The summed E-state index contributed by atoms with van der Waals surface area (Å²) < 4.78 is 0. The first-order chi connectivity index (χ1) is 13.1. The molecule has 0 saturated heterocycles. The van der Waals surface area contributed by atoms with Crippen LogP contribution in [-0.2, 0) is 11.2 Å². The fraction of sp³-hybridized carbons (Fsp3) is 0.190. The molecule has 0 aliphatic rings. The number of H-pyrrole nitrogens is 1. The highest BCUT2D eigenvalue weighted by Gasteiger charge is 2.13. The Morgan fingerprint density at radius 2 is 1.93 bits per heavy atom. The van der Waals surface area contributed by atoms with Crippen molar-refractivity contribution >= 4 is 22.7 Å². The van der Waals surface area contributed by atoms with E-state index < -0.39 is 11.8 Å². The van der Waals surface area contributed by atoms with Gasteiger partial charge in [-0.1, -0.05) is 42.5 Å². The van der Waals surface area contributed by atoms with E-state index in [1.54, 1.807) is 12.1 Å². The predicted molar refractivity (Wildman–Crippen MR) is 106 cm³/mol. The number of nitrogens with one attached hydrogen (secondary N) is 1. The number of carbonyl (C=O) groups excluding carboxylic acids is 1. The highest BCUT2D eigenvalue weighted by atomic mass is 16.1. The van der Waals surface area contributed by atoms with Crippen molar-refractivity contribution in [2.75, 3.05) is 6.54 Å². The second kappa shape index (κ2) is 8.74. The van der Waals surface area contributed by atoms with Gasteiger partial charge in [0.25, 0.3) is 5.56 Å². The van der Waals surface area contributed by atoms with Crippen LogP contribution in [0.4, 0.5) is 0 Å². The van der Waals surface area contributed by atoms with E-state index in [0.29, 0.717) is 36.1 Å². The van der Waals surface area contributed by atoms with Gasteiger partial charge >= 0.3 is 0 Å². The standard InChI is InChI=1S/C21H20N4O2/c22-20(26)16(15-7-2-1-3-8-15)12-14-23-13-6-11-19-24-18-10-5-4-9-17(18)21(27)25-19/h1-5,7-10,12,16H,6,11,13H2,(H2,22,26)(H,24,25,27). The predicted octanol–water partition coefficient (Wildman–Crippen LogP) is 2.35. The van der Waals surface area contributed by atoms with Crippen molar-refractivity contribution in [2.45, 2.75) is 18.8 Å². The Kier molecular flexibility index (Phi) is 5.92. The van der Waals surface area contributed by atoms with Crippen molar-refractivity contribution in [3.63, 3.8) is 0 Å². The van der Waals surface area contributed by atoms with Crippen molar-refractivity contribution in [1.82, 2.24) is 9.97 Å². The number of rotatable bonds is 7. The minimum atomic E-state index is -0.548. The monoisotopic (exact) mass is 360 g/mol. The number of carbonyl (C=O) groups is 1. The molecule has 0 aliphatic heterocycles. The first kappa shape index (κ1) is 18.3. The number of hydrogen-bond donors (Lipinski definition) is 2. The normalized spacial score (nSPS) is 11.6. The van der Waals surface area contributed by atoms with Gasteiger partial charge in [-0.3, -0.25) is 9.59 Å². The summed E-state index contributed by atoms with van der Waals surface area (Å²) in [6, 6.07) is 16.5. The highest BCUT2D eigenvalue weighted by molar-refractivity contribution is 5.86. The van der Waals surface area contributed by atoms with Gasteiger partial charge in [-0.2, -0.15) is 0 Å². The van der Waals surface area contributed by atoms with Crippen LogP contribution >= 0.6 is 0 Å². The summed E-state index contributed by atoms with van der Waals surface area (Å²) >= 11 is 0. The number of fused-ring (bicyclic) bond motifs is 1. The second-order valence-electron chi connectivity index (χ2n) is 6.10. The largest absolute Gasteiger partial charge is 0.369 e. The van der Waals surface area contributed by atoms with Crippen LogP contribution in [0.3, 0.4) is 0 Å². The fourth-order valence-corrected chi connectivity index (χ4v) is 2.77. The topological polar surface area (TPSA) is 101 Å². The van der Waals surface area contributed by atoms with Gasteiger partial charge in [0.15, 0.2) is 0 Å². The number of aromatic amines is 1. The van der Waals surface area contributed by atoms with Crippen LogP contribution in [0.25, 0.3) is 10.9 Å². The Bertz CT molecular complexity index is 1050. The summed E-state index contributed by atoms with van der Waals surface area (Å²) in [4.78, 5) is 35.1. The molecule has 6 heteroatoms. The van der Waals surface area contributed by atoms with Crippen molar-refractivity contribution in [3.8, 4) is 0 Å². The molecule has 136 valence electrons. The maximum Gasteiger partial charge on any atom is 0.258 e. The van der Waals surface area contributed by atoms with Crippen molar-refractivity contribution in [2.24, 2.45) is 10.7 Å². The van der Waals surface area contributed by atoms with E-state index >= 15 is 0 Å². The third-order valence-electron chi connectivity index (χ3n) is 4.14. The zero-order valence-electron chi connectivity index (χ0n) is 14.8. The summed E-state index contributed by atoms with van der Waals surface area (Å²) in [5.41, 5.74) is 6.82. The van der Waals surface area contributed by atoms with Gasteiger partial charge in [0, 0.05) is 13.0 Å². The number of para-hydroxylation sites is 1. The molecule has 3 rings (SSSR count). The van der Waals surface area contributed by atoms with E-state index in [0.717, 1.165) is 5.56 Å². The number of aromatic nitrogens is 2. The molecule has 1 amide bonds. The maximum absolute atomic E-state index is 12.0. The van der Waals surface area contributed by atoms with Crippen LogP contribution in [0, 0.1) is 0 Å². The van der Waals surface area contributed by atoms with Gasteiger partial charge < -0.3 is 10.7 Å². The van der Waals surface area contributed by atoms with E-state index in [1.807, 2.05) is 48.5 Å². The molecule has 6 nitrogen and oxygen atoms in total. The Hall–Kier alpha value is -3.50. The average Bonchev–Trinajstić information content (AvgIpc) is 2.68. The van der Waals surface area contributed by atoms with E-state index in [9.17, 15) is 9.59 Å². The van der Waals surface area contributed by atoms with Crippen LogP contribution in [-0.4, -0.2) is 28.3 Å². The van der Waals surface area contributed by atoms with Gasteiger partial charge in [-0.25, -0.2) is 9.98 Å². The van der Waals surface area contributed by atoms with E-state index in [-0.39, 0.29) is 5.56 Å². The SMILES string of the molecule is NC(=O)C(C=C=NCCCc1nc2ccccc2c(=O)[nH]1)c1ccccc1. The number of nitrogens with zero attached hydrogens (tertiary/aromatic N) is 2. The quantitative estimate of drug-likeness (QED) is 0.499. The first-order valence-electron chi connectivity index (χ1n) is 8.72.